The number of nitrogens with one attached hydrogen (secondary N) is 1. The maximum Gasteiger partial charge on any atom is 0.437 e. The van der Waals surface area contributed by atoms with Crippen LogP contribution in [-0.4, -0.2) is 65.1 Å². The molecule has 0 spiro atoms. The molecular formula is C37H36ClF2N5O5S. The molecule has 2 aliphatic rings. The number of thiazole rings is 1. The maximum atomic E-state index is 15.0. The Morgan fingerprint density at radius 3 is 2.41 bits per heavy atom. The van der Waals surface area contributed by atoms with Crippen LogP contribution in [-0.2, 0) is 19.8 Å². The van der Waals surface area contributed by atoms with Crippen LogP contribution < -0.4 is 5.32 Å². The summed E-state index contributed by atoms with van der Waals surface area (Å²) in [5, 5.41) is 4.08. The number of nitrogens with zero attached hydrogens (tertiary/aromatic N) is 4. The monoisotopic (exact) mass is 735 g/mol. The number of aromatic nitrogens is 1. The van der Waals surface area contributed by atoms with Crippen LogP contribution >= 0.6 is 22.9 Å². The quantitative estimate of drug-likeness (QED) is 0.194. The molecule has 1 aliphatic carbocycles. The predicted molar refractivity (Wildman–Crippen MR) is 190 cm³/mol. The van der Waals surface area contributed by atoms with E-state index in [4.69, 9.17) is 21.1 Å². The molecule has 10 nitrogen and oxygen atoms in total. The largest absolute Gasteiger partial charge is 0.447 e. The average molecular weight is 736 g/mol. The highest BCUT2D eigenvalue weighted by Gasteiger charge is 2.61. The molecule has 14 heteroatoms. The number of halogens is 3. The zero-order valence-electron chi connectivity index (χ0n) is 28.6. The van der Waals surface area contributed by atoms with Gasteiger partial charge in [0.05, 0.1) is 15.9 Å². The molecule has 2 atom stereocenters. The van der Waals surface area contributed by atoms with E-state index in [1.54, 1.807) is 45.2 Å². The van der Waals surface area contributed by atoms with Crippen LogP contribution in [0.2, 0.25) is 5.02 Å². The second-order valence-electron chi connectivity index (χ2n) is 13.6. The lowest BCUT2D eigenvalue weighted by Crippen LogP contribution is -2.47. The molecular weight excluding hydrogens is 700 g/mol. The van der Waals surface area contributed by atoms with Gasteiger partial charge in [0.2, 0.25) is 5.96 Å². The Bertz CT molecular complexity index is 1990. The highest BCUT2D eigenvalue weighted by Crippen LogP contribution is 2.51. The number of benzene rings is 3. The zero-order chi connectivity index (χ0) is 36.7. The Morgan fingerprint density at radius 2 is 1.78 bits per heavy atom. The minimum Gasteiger partial charge on any atom is -0.447 e. The van der Waals surface area contributed by atoms with Crippen molar-refractivity contribution < 1.29 is 32.6 Å². The molecule has 2 heterocycles. The van der Waals surface area contributed by atoms with Gasteiger partial charge in [0.25, 0.3) is 5.91 Å². The van der Waals surface area contributed by atoms with Crippen LogP contribution in [0, 0.1) is 17.6 Å². The molecule has 1 aromatic heterocycles. The molecule has 0 bridgehead atoms. The van der Waals surface area contributed by atoms with E-state index in [9.17, 15) is 23.2 Å². The van der Waals surface area contributed by atoms with Gasteiger partial charge in [0.1, 0.15) is 34.4 Å². The molecule has 1 unspecified atom stereocenters. The van der Waals surface area contributed by atoms with E-state index in [1.165, 1.54) is 35.2 Å². The molecule has 51 heavy (non-hydrogen) atoms. The van der Waals surface area contributed by atoms with Crippen molar-refractivity contribution in [3.63, 3.8) is 0 Å². The second-order valence-corrected chi connectivity index (χ2v) is 15.0. The molecule has 4 aromatic rings. The van der Waals surface area contributed by atoms with Gasteiger partial charge in [0.15, 0.2) is 0 Å². The summed E-state index contributed by atoms with van der Waals surface area (Å²) >= 11 is 8.16. The fourth-order valence-corrected chi connectivity index (χ4v) is 7.19. The molecule has 0 radical (unpaired) electrons. The molecule has 1 aliphatic heterocycles. The first-order valence-corrected chi connectivity index (χ1v) is 17.4. The van der Waals surface area contributed by atoms with Gasteiger partial charge < -0.3 is 19.7 Å². The topological polar surface area (TPSA) is 113 Å². The van der Waals surface area contributed by atoms with Gasteiger partial charge in [-0.25, -0.2) is 23.4 Å². The number of hydrogen-bond acceptors (Lipinski definition) is 7. The SMILES string of the molecule is CN(C)C(=O)OCC(c1ccc(Cl)c(-c2ncc(-c3ccccc3)s2)c1)N1C(=O)[C@](c2cc(F)cc(F)c2)(C2CC2)NC1=NC(=O)OC(C)(C)C. The summed E-state index contributed by atoms with van der Waals surface area (Å²) in [4.78, 5) is 53.1. The van der Waals surface area contributed by atoms with Crippen molar-refractivity contribution in [2.24, 2.45) is 10.9 Å². The first kappa shape index (κ1) is 35.9. The lowest BCUT2D eigenvalue weighted by Gasteiger charge is -2.31. The van der Waals surface area contributed by atoms with Gasteiger partial charge in [-0.2, -0.15) is 0 Å². The molecule has 2 fully saturated rings. The van der Waals surface area contributed by atoms with Crippen molar-refractivity contribution in [3.05, 3.63) is 101 Å². The highest BCUT2D eigenvalue weighted by molar-refractivity contribution is 7.18. The second kappa shape index (κ2) is 14.0. The van der Waals surface area contributed by atoms with Crippen molar-refractivity contribution in [2.45, 2.75) is 50.8 Å². The van der Waals surface area contributed by atoms with Crippen LogP contribution in [0.15, 0.2) is 77.9 Å². The predicted octanol–water partition coefficient (Wildman–Crippen LogP) is 8.18. The molecule has 6 rings (SSSR count). The molecule has 1 saturated heterocycles. The maximum absolute atomic E-state index is 15.0. The van der Waals surface area contributed by atoms with E-state index >= 15 is 0 Å². The third-order valence-corrected chi connectivity index (χ3v) is 9.81. The number of carbonyl (C=O) groups is 3. The zero-order valence-corrected chi connectivity index (χ0v) is 30.1. The van der Waals surface area contributed by atoms with E-state index in [0.29, 0.717) is 34.0 Å². The third-order valence-electron chi connectivity index (χ3n) is 8.40. The summed E-state index contributed by atoms with van der Waals surface area (Å²) in [5.41, 5.74) is -0.597. The van der Waals surface area contributed by atoms with Crippen molar-refractivity contribution in [1.82, 2.24) is 20.1 Å². The van der Waals surface area contributed by atoms with Crippen LogP contribution in [0.5, 0.6) is 0 Å². The number of hydrogen-bond donors (Lipinski definition) is 1. The minimum atomic E-state index is -1.69. The van der Waals surface area contributed by atoms with Crippen molar-refractivity contribution in [3.8, 4) is 21.0 Å². The fraction of sp³-hybridized carbons (Fsp3) is 0.324. The first-order chi connectivity index (χ1) is 24.2. The first-order valence-electron chi connectivity index (χ1n) is 16.2. The summed E-state index contributed by atoms with van der Waals surface area (Å²) in [6.45, 7) is 4.62. The van der Waals surface area contributed by atoms with Crippen LogP contribution in [0.1, 0.15) is 50.8 Å². The molecule has 1 N–H and O–H groups in total. The summed E-state index contributed by atoms with van der Waals surface area (Å²) in [6.07, 6.45) is 1.17. The highest BCUT2D eigenvalue weighted by atomic mass is 35.5. The van der Waals surface area contributed by atoms with Crippen molar-refractivity contribution >= 4 is 47.0 Å². The van der Waals surface area contributed by atoms with Gasteiger partial charge in [-0.15, -0.1) is 16.3 Å². The van der Waals surface area contributed by atoms with E-state index < -0.39 is 52.8 Å². The number of rotatable bonds is 8. The Labute approximate surface area is 303 Å². The average Bonchev–Trinajstić information content (AvgIpc) is 3.73. The Hall–Kier alpha value is -4.88. The van der Waals surface area contributed by atoms with Crippen LogP contribution in [0.25, 0.3) is 21.0 Å². The standard InChI is InChI=1S/C37H36ClF2N5O5S/c1-36(2,3)50-34(47)42-33-43-37(23-12-13-23,24-16-25(39)18-26(40)17-24)32(46)45(33)29(20-49-35(48)44(4)5)22-11-14-28(38)27(15-22)31-41-19-30(51-31)21-9-7-6-8-10-21/h6-11,14-19,23,29H,12-13,20H2,1-5H3,(H,42,43,47)/t29?,37-/m1/s1. The van der Waals surface area contributed by atoms with Gasteiger partial charge >= 0.3 is 12.2 Å². The molecule has 266 valence electrons. The van der Waals surface area contributed by atoms with Crippen LogP contribution in [0.4, 0.5) is 18.4 Å². The van der Waals surface area contributed by atoms with E-state index in [1.807, 2.05) is 30.3 Å². The van der Waals surface area contributed by atoms with E-state index in [0.717, 1.165) is 28.6 Å². The summed E-state index contributed by atoms with van der Waals surface area (Å²) in [6, 6.07) is 16.6. The molecule has 1 saturated carbocycles. The number of guanidine groups is 1. The lowest BCUT2D eigenvalue weighted by molar-refractivity contribution is -0.134. The normalized spacial score (nSPS) is 18.8. The van der Waals surface area contributed by atoms with Gasteiger partial charge in [-0.05, 0) is 80.5 Å². The van der Waals surface area contributed by atoms with Gasteiger partial charge in [-0.3, -0.25) is 9.69 Å². The molecule has 3 aromatic carbocycles. The number of ether oxygens (including phenoxy) is 2. The number of carbonyl (C=O) groups excluding carboxylic acids is 3. The summed E-state index contributed by atoms with van der Waals surface area (Å²) in [5.74, 6) is -3.01. The minimum absolute atomic E-state index is 0.0314. The summed E-state index contributed by atoms with van der Waals surface area (Å²) < 4.78 is 40.6. The number of aliphatic imine (C=N–C) groups is 1. The Morgan fingerprint density at radius 1 is 1.10 bits per heavy atom. The van der Waals surface area contributed by atoms with Gasteiger partial charge in [0, 0.05) is 31.9 Å². The number of amides is 3. The Balaban J connectivity index is 1.50. The van der Waals surface area contributed by atoms with Crippen molar-refractivity contribution in [1.29, 1.82) is 0 Å². The van der Waals surface area contributed by atoms with E-state index in [2.05, 4.69) is 15.3 Å². The fourth-order valence-electron chi connectivity index (χ4n) is 5.97. The smallest absolute Gasteiger partial charge is 0.437 e. The van der Waals surface area contributed by atoms with Gasteiger partial charge in [-0.1, -0.05) is 48.0 Å². The van der Waals surface area contributed by atoms with Crippen LogP contribution in [0.3, 0.4) is 0 Å². The van der Waals surface area contributed by atoms with Crippen molar-refractivity contribution in [2.75, 3.05) is 20.7 Å². The summed E-state index contributed by atoms with van der Waals surface area (Å²) in [7, 11) is 3.03. The Kier molecular flexibility index (Phi) is 9.88. The third kappa shape index (κ3) is 7.59. The molecule has 3 amide bonds. The van der Waals surface area contributed by atoms with E-state index in [-0.39, 0.29) is 18.1 Å². The lowest BCUT2D eigenvalue weighted by atomic mass is 9.84.